The summed E-state index contributed by atoms with van der Waals surface area (Å²) < 4.78 is 10.9. The predicted octanol–water partition coefficient (Wildman–Crippen LogP) is 4.26. The molecule has 1 aliphatic rings. The molecule has 2 aromatic carbocycles. The molecule has 1 saturated carbocycles. The highest BCUT2D eigenvalue weighted by Crippen LogP contribution is 2.34. The third-order valence-electron chi connectivity index (χ3n) is 5.33. The lowest BCUT2D eigenvalue weighted by molar-refractivity contribution is -0.134. The number of rotatable bonds is 6. The molecule has 0 spiro atoms. The molecule has 0 radical (unpaired) electrons. The first-order valence-electron chi connectivity index (χ1n) is 9.25. The van der Waals surface area contributed by atoms with Gasteiger partial charge in [-0.25, -0.2) is 0 Å². The summed E-state index contributed by atoms with van der Waals surface area (Å²) >= 11 is 0. The van der Waals surface area contributed by atoms with E-state index in [9.17, 15) is 4.79 Å². The molecule has 0 atom stereocenters. The molecule has 4 heteroatoms. The van der Waals surface area contributed by atoms with E-state index in [-0.39, 0.29) is 12.5 Å². The smallest absolute Gasteiger partial charge is 0.260 e. The number of hydrogen-bond donors (Lipinski definition) is 0. The molecule has 2 aromatic rings. The average molecular weight is 353 g/mol. The molecule has 0 bridgehead atoms. The van der Waals surface area contributed by atoms with E-state index < -0.39 is 0 Å². The van der Waals surface area contributed by atoms with E-state index in [0.717, 1.165) is 25.7 Å². The highest BCUT2D eigenvalue weighted by atomic mass is 16.5. The van der Waals surface area contributed by atoms with Crippen LogP contribution in [0, 0.1) is 0 Å². The second kappa shape index (κ2) is 8.75. The van der Waals surface area contributed by atoms with Crippen LogP contribution >= 0.6 is 0 Å². The van der Waals surface area contributed by atoms with Gasteiger partial charge in [0.25, 0.3) is 5.91 Å². The van der Waals surface area contributed by atoms with Gasteiger partial charge in [-0.2, -0.15) is 0 Å². The molecule has 4 nitrogen and oxygen atoms in total. The summed E-state index contributed by atoms with van der Waals surface area (Å²) in [6, 6.07) is 18.4. The molecular weight excluding hydrogens is 326 g/mol. The van der Waals surface area contributed by atoms with Gasteiger partial charge in [-0.05, 0) is 49.3 Å². The van der Waals surface area contributed by atoms with E-state index in [4.69, 9.17) is 9.47 Å². The maximum absolute atomic E-state index is 12.5. The normalized spacial score (nSPS) is 19.6. The molecule has 1 amide bonds. The molecule has 1 fully saturated rings. The van der Waals surface area contributed by atoms with Crippen molar-refractivity contribution in [1.29, 1.82) is 0 Å². The quantitative estimate of drug-likeness (QED) is 0.779. The molecule has 0 aliphatic heterocycles. The number of ether oxygens (including phenoxy) is 2. The van der Waals surface area contributed by atoms with Gasteiger partial charge in [0.2, 0.25) is 0 Å². The number of carbonyl (C=O) groups is 1. The summed E-state index contributed by atoms with van der Waals surface area (Å²) in [5, 5.41) is 0. The zero-order valence-corrected chi connectivity index (χ0v) is 15.6. The van der Waals surface area contributed by atoms with Crippen molar-refractivity contribution in [2.45, 2.75) is 37.6 Å². The Bertz CT molecular complexity index is 708. The Kier molecular flexibility index (Phi) is 6.16. The summed E-state index contributed by atoms with van der Waals surface area (Å²) in [5.74, 6) is 1.87. The Morgan fingerprint density at radius 3 is 2.23 bits per heavy atom. The first kappa shape index (κ1) is 18.3. The third kappa shape index (κ3) is 4.37. The Morgan fingerprint density at radius 1 is 0.962 bits per heavy atom. The molecule has 3 rings (SSSR count). The Hall–Kier alpha value is -2.49. The lowest BCUT2D eigenvalue weighted by Crippen LogP contribution is -2.41. The number of methoxy groups -OCH3 is 1. The van der Waals surface area contributed by atoms with Crippen LogP contribution < -0.4 is 9.47 Å². The fourth-order valence-electron chi connectivity index (χ4n) is 3.70. The largest absolute Gasteiger partial charge is 0.493 e. The first-order valence-corrected chi connectivity index (χ1v) is 9.25. The number of carbonyl (C=O) groups excluding carboxylic acids is 1. The SMILES string of the molecule is COc1ccccc1OCC(=O)N(C)C1CCC(c2ccccc2)CC1. The van der Waals surface area contributed by atoms with Gasteiger partial charge in [-0.1, -0.05) is 42.5 Å². The summed E-state index contributed by atoms with van der Waals surface area (Å²) in [7, 11) is 3.49. The van der Waals surface area contributed by atoms with Crippen molar-refractivity contribution in [1.82, 2.24) is 4.90 Å². The summed E-state index contributed by atoms with van der Waals surface area (Å²) in [4.78, 5) is 14.4. The van der Waals surface area contributed by atoms with Crippen LogP contribution in [-0.4, -0.2) is 37.6 Å². The van der Waals surface area contributed by atoms with E-state index in [1.165, 1.54) is 5.56 Å². The number of amides is 1. The van der Waals surface area contributed by atoms with Gasteiger partial charge in [0.15, 0.2) is 18.1 Å². The van der Waals surface area contributed by atoms with Crippen LogP contribution in [0.5, 0.6) is 11.5 Å². The van der Waals surface area contributed by atoms with Crippen molar-refractivity contribution in [2.24, 2.45) is 0 Å². The Balaban J connectivity index is 1.50. The van der Waals surface area contributed by atoms with Crippen LogP contribution in [0.4, 0.5) is 0 Å². The Labute approximate surface area is 155 Å². The van der Waals surface area contributed by atoms with Crippen molar-refractivity contribution in [3.8, 4) is 11.5 Å². The van der Waals surface area contributed by atoms with E-state index in [0.29, 0.717) is 23.5 Å². The number of benzene rings is 2. The molecule has 1 aliphatic carbocycles. The Morgan fingerprint density at radius 2 is 1.58 bits per heavy atom. The molecule has 0 N–H and O–H groups in total. The van der Waals surface area contributed by atoms with E-state index in [1.54, 1.807) is 7.11 Å². The molecule has 26 heavy (non-hydrogen) atoms. The highest BCUT2D eigenvalue weighted by Gasteiger charge is 2.27. The average Bonchev–Trinajstić information content (AvgIpc) is 2.72. The maximum Gasteiger partial charge on any atom is 0.260 e. The highest BCUT2D eigenvalue weighted by molar-refractivity contribution is 5.78. The monoisotopic (exact) mass is 353 g/mol. The second-order valence-electron chi connectivity index (χ2n) is 6.86. The van der Waals surface area contributed by atoms with E-state index >= 15 is 0 Å². The zero-order chi connectivity index (χ0) is 18.4. The van der Waals surface area contributed by atoms with Crippen molar-refractivity contribution < 1.29 is 14.3 Å². The maximum atomic E-state index is 12.5. The molecule has 0 unspecified atom stereocenters. The third-order valence-corrected chi connectivity index (χ3v) is 5.33. The van der Waals surface area contributed by atoms with Crippen molar-refractivity contribution in [3.63, 3.8) is 0 Å². The van der Waals surface area contributed by atoms with Gasteiger partial charge in [0.1, 0.15) is 0 Å². The van der Waals surface area contributed by atoms with Crippen LogP contribution in [0.25, 0.3) is 0 Å². The van der Waals surface area contributed by atoms with Gasteiger partial charge >= 0.3 is 0 Å². The van der Waals surface area contributed by atoms with Gasteiger partial charge in [0.05, 0.1) is 7.11 Å². The minimum absolute atomic E-state index is 0.0130. The summed E-state index contributed by atoms with van der Waals surface area (Å²) in [6.45, 7) is 0.0372. The summed E-state index contributed by atoms with van der Waals surface area (Å²) in [5.41, 5.74) is 1.42. The second-order valence-corrected chi connectivity index (χ2v) is 6.86. The molecule has 138 valence electrons. The van der Waals surface area contributed by atoms with Gasteiger partial charge < -0.3 is 14.4 Å². The van der Waals surface area contributed by atoms with Crippen LogP contribution in [0.15, 0.2) is 54.6 Å². The fraction of sp³-hybridized carbons (Fsp3) is 0.409. The molecule has 0 saturated heterocycles. The minimum atomic E-state index is 0.0130. The topological polar surface area (TPSA) is 38.8 Å². The predicted molar refractivity (Wildman–Crippen MR) is 103 cm³/mol. The minimum Gasteiger partial charge on any atom is -0.493 e. The van der Waals surface area contributed by atoms with Crippen LogP contribution in [0.2, 0.25) is 0 Å². The van der Waals surface area contributed by atoms with Crippen LogP contribution in [0.1, 0.15) is 37.2 Å². The zero-order valence-electron chi connectivity index (χ0n) is 15.6. The molecule has 0 aromatic heterocycles. The molecular formula is C22H27NO3. The van der Waals surface area contributed by atoms with E-state index in [2.05, 4.69) is 30.3 Å². The van der Waals surface area contributed by atoms with Crippen molar-refractivity contribution in [3.05, 3.63) is 60.2 Å². The van der Waals surface area contributed by atoms with E-state index in [1.807, 2.05) is 36.2 Å². The van der Waals surface area contributed by atoms with Crippen molar-refractivity contribution >= 4 is 5.91 Å². The standard InChI is InChI=1S/C22H27NO3/c1-23(22(24)16-26-21-11-7-6-10-20(21)25-2)19-14-12-18(13-15-19)17-8-4-3-5-9-17/h3-11,18-19H,12-16H2,1-2H3. The fourth-order valence-corrected chi connectivity index (χ4v) is 3.70. The lowest BCUT2D eigenvalue weighted by Gasteiger charge is -2.35. The summed E-state index contributed by atoms with van der Waals surface area (Å²) in [6.07, 6.45) is 4.33. The van der Waals surface area contributed by atoms with Gasteiger partial charge in [-0.3, -0.25) is 4.79 Å². The van der Waals surface area contributed by atoms with Crippen molar-refractivity contribution in [2.75, 3.05) is 20.8 Å². The van der Waals surface area contributed by atoms with Gasteiger partial charge in [-0.15, -0.1) is 0 Å². The van der Waals surface area contributed by atoms with Crippen LogP contribution in [-0.2, 0) is 4.79 Å². The lowest BCUT2D eigenvalue weighted by atomic mass is 9.81. The number of likely N-dealkylation sites (N-methyl/N-ethyl adjacent to an activating group) is 1. The first-order chi connectivity index (χ1) is 12.7. The van der Waals surface area contributed by atoms with Gasteiger partial charge in [0, 0.05) is 13.1 Å². The molecule has 0 heterocycles. The number of nitrogens with zero attached hydrogens (tertiary/aromatic N) is 1. The number of para-hydroxylation sites is 2. The van der Waals surface area contributed by atoms with Crippen LogP contribution in [0.3, 0.4) is 0 Å². The number of hydrogen-bond acceptors (Lipinski definition) is 3.